The van der Waals surface area contributed by atoms with E-state index in [1.165, 1.54) is 0 Å². The molecule has 1 saturated heterocycles. The molecular weight excluding hydrogens is 297 g/mol. The molecule has 1 aliphatic heterocycles. The van der Waals surface area contributed by atoms with Gasteiger partial charge in [0.25, 0.3) is 0 Å². The molecule has 1 aliphatic rings. The molecule has 0 saturated carbocycles. The molecule has 4 nitrogen and oxygen atoms in total. The first-order chi connectivity index (χ1) is 9.61. The van der Waals surface area contributed by atoms with Crippen LogP contribution in [-0.2, 0) is 11.3 Å². The topological polar surface area (TPSA) is 35.6 Å². The second kappa shape index (κ2) is 7.16. The Morgan fingerprint density at radius 2 is 2.00 bits per heavy atom. The zero-order chi connectivity index (χ0) is 14.5. The zero-order valence-electron chi connectivity index (χ0n) is 11.5. The minimum atomic E-state index is -0.184. The third-order valence-electron chi connectivity index (χ3n) is 3.52. The summed E-state index contributed by atoms with van der Waals surface area (Å²) in [6.07, 6.45) is 0. The highest BCUT2D eigenvalue weighted by atomic mass is 35.5. The molecule has 6 heteroatoms. The molecule has 1 aromatic rings. The first-order valence-electron chi connectivity index (χ1n) is 6.65. The van der Waals surface area contributed by atoms with E-state index in [1.54, 1.807) is 0 Å². The molecule has 0 bridgehead atoms. The highest BCUT2D eigenvalue weighted by Gasteiger charge is 2.18. The summed E-state index contributed by atoms with van der Waals surface area (Å²) in [4.78, 5) is 15.9. The van der Waals surface area contributed by atoms with Crippen LogP contribution < -0.4 is 10.2 Å². The van der Waals surface area contributed by atoms with Gasteiger partial charge in [0.15, 0.2) is 0 Å². The Morgan fingerprint density at radius 3 is 2.65 bits per heavy atom. The number of hydrogen-bond donors (Lipinski definition) is 1. The molecule has 0 spiro atoms. The molecule has 0 unspecified atom stereocenters. The molecule has 0 atom stereocenters. The number of piperazine rings is 1. The van der Waals surface area contributed by atoms with Crippen LogP contribution in [0.1, 0.15) is 5.56 Å². The smallest absolute Gasteiger partial charge is 0.235 e. The Kier molecular flexibility index (Phi) is 5.52. The number of alkyl halides is 1. The summed E-state index contributed by atoms with van der Waals surface area (Å²) in [5.74, 6) is -0.218. The van der Waals surface area contributed by atoms with Gasteiger partial charge in [-0.3, -0.25) is 4.79 Å². The Morgan fingerprint density at radius 1 is 1.30 bits per heavy atom. The van der Waals surface area contributed by atoms with Crippen molar-refractivity contribution in [2.75, 3.05) is 44.0 Å². The van der Waals surface area contributed by atoms with E-state index in [2.05, 4.69) is 28.2 Å². The van der Waals surface area contributed by atoms with E-state index in [9.17, 15) is 4.79 Å². The van der Waals surface area contributed by atoms with Crippen LogP contribution in [0.2, 0.25) is 5.02 Å². The average molecular weight is 316 g/mol. The minimum Gasteiger partial charge on any atom is -0.369 e. The monoisotopic (exact) mass is 315 g/mol. The summed E-state index contributed by atoms with van der Waals surface area (Å²) >= 11 is 11.8. The quantitative estimate of drug-likeness (QED) is 0.863. The highest BCUT2D eigenvalue weighted by Crippen LogP contribution is 2.28. The minimum absolute atomic E-state index is 0.0334. The maximum absolute atomic E-state index is 11.3. The predicted octanol–water partition coefficient (Wildman–Crippen LogP) is 1.95. The summed E-state index contributed by atoms with van der Waals surface area (Å²) in [5, 5.41) is 3.46. The van der Waals surface area contributed by atoms with Crippen LogP contribution in [0.3, 0.4) is 0 Å². The van der Waals surface area contributed by atoms with Crippen LogP contribution >= 0.6 is 23.2 Å². The van der Waals surface area contributed by atoms with E-state index in [4.69, 9.17) is 23.2 Å². The largest absolute Gasteiger partial charge is 0.369 e. The summed E-state index contributed by atoms with van der Waals surface area (Å²) < 4.78 is 0. The van der Waals surface area contributed by atoms with Gasteiger partial charge in [-0.2, -0.15) is 0 Å². The zero-order valence-corrected chi connectivity index (χ0v) is 13.0. The molecule has 0 aliphatic carbocycles. The van der Waals surface area contributed by atoms with Crippen LogP contribution in [0.15, 0.2) is 18.2 Å². The normalized spacial score (nSPS) is 16.2. The van der Waals surface area contributed by atoms with Crippen LogP contribution in [0.5, 0.6) is 0 Å². The van der Waals surface area contributed by atoms with Crippen LogP contribution in [-0.4, -0.2) is 49.9 Å². The number of nitrogens with one attached hydrogen (secondary N) is 1. The van der Waals surface area contributed by atoms with Crippen molar-refractivity contribution in [3.63, 3.8) is 0 Å². The second-order valence-corrected chi connectivity index (χ2v) is 5.61. The van der Waals surface area contributed by atoms with E-state index in [0.29, 0.717) is 11.6 Å². The molecule has 0 aromatic heterocycles. The van der Waals surface area contributed by atoms with Crippen molar-refractivity contribution in [2.24, 2.45) is 0 Å². The van der Waals surface area contributed by atoms with Gasteiger partial charge in [-0.15, -0.1) is 11.6 Å². The summed E-state index contributed by atoms with van der Waals surface area (Å²) in [7, 11) is 2.12. The van der Waals surface area contributed by atoms with Crippen molar-refractivity contribution in [2.45, 2.75) is 6.54 Å². The van der Waals surface area contributed by atoms with Gasteiger partial charge in [-0.25, -0.2) is 0 Å². The molecular formula is C14H19Cl2N3O. The summed E-state index contributed by atoms with van der Waals surface area (Å²) in [6, 6.07) is 5.85. The number of likely N-dealkylation sites (N-methyl/N-ethyl adjacent to an activating group) is 1. The predicted molar refractivity (Wildman–Crippen MR) is 83.7 cm³/mol. The Labute approximate surface area is 129 Å². The lowest BCUT2D eigenvalue weighted by atomic mass is 10.1. The molecule has 1 heterocycles. The van der Waals surface area contributed by atoms with Gasteiger partial charge in [-0.1, -0.05) is 17.7 Å². The third kappa shape index (κ3) is 3.78. The highest BCUT2D eigenvalue weighted by molar-refractivity contribution is 6.31. The number of benzene rings is 1. The van der Waals surface area contributed by atoms with Gasteiger partial charge in [0.2, 0.25) is 5.91 Å². The molecule has 0 radical (unpaired) electrons. The third-order valence-corrected chi connectivity index (χ3v) is 4.12. The Hall–Kier alpha value is -0.970. The fourth-order valence-corrected chi connectivity index (χ4v) is 2.63. The number of halogens is 2. The standard InChI is InChI=1S/C14H19Cl2N3O/c1-18-5-7-19(8-6-18)13-4-2-3-12(16)11(13)10-17-14(20)9-15/h2-4H,5-10H2,1H3,(H,17,20). The van der Waals surface area contributed by atoms with Gasteiger partial charge in [0, 0.05) is 49.0 Å². The van der Waals surface area contributed by atoms with Gasteiger partial charge >= 0.3 is 0 Å². The molecule has 2 rings (SSSR count). The summed E-state index contributed by atoms with van der Waals surface area (Å²) in [6.45, 7) is 4.40. The number of anilines is 1. The van der Waals surface area contributed by atoms with Gasteiger partial charge in [-0.05, 0) is 19.2 Å². The Balaban J connectivity index is 2.15. The van der Waals surface area contributed by atoms with E-state index in [-0.39, 0.29) is 11.8 Å². The first kappa shape index (κ1) is 15.4. The molecule has 1 fully saturated rings. The van der Waals surface area contributed by atoms with Crippen molar-refractivity contribution in [3.8, 4) is 0 Å². The number of nitrogens with zero attached hydrogens (tertiary/aromatic N) is 2. The Bertz CT molecular complexity index is 473. The lowest BCUT2D eigenvalue weighted by Gasteiger charge is -2.35. The lowest BCUT2D eigenvalue weighted by molar-refractivity contribution is -0.118. The van der Waals surface area contributed by atoms with Crippen molar-refractivity contribution >= 4 is 34.8 Å². The fraction of sp³-hybridized carbons (Fsp3) is 0.500. The molecule has 110 valence electrons. The number of rotatable bonds is 4. The lowest BCUT2D eigenvalue weighted by Crippen LogP contribution is -2.45. The number of hydrogen-bond acceptors (Lipinski definition) is 3. The molecule has 1 amide bonds. The summed E-state index contributed by atoms with van der Waals surface area (Å²) in [5.41, 5.74) is 2.05. The molecule has 1 N–H and O–H groups in total. The number of carbonyl (C=O) groups excluding carboxylic acids is 1. The second-order valence-electron chi connectivity index (χ2n) is 4.94. The fourth-order valence-electron chi connectivity index (χ4n) is 2.30. The SMILES string of the molecule is CN1CCN(c2cccc(Cl)c2CNC(=O)CCl)CC1. The van der Waals surface area contributed by atoms with E-state index in [0.717, 1.165) is 37.4 Å². The van der Waals surface area contributed by atoms with Gasteiger partial charge in [0.1, 0.15) is 5.88 Å². The first-order valence-corrected chi connectivity index (χ1v) is 7.56. The van der Waals surface area contributed by atoms with E-state index >= 15 is 0 Å². The average Bonchev–Trinajstić information content (AvgIpc) is 2.46. The number of amides is 1. The van der Waals surface area contributed by atoms with Crippen molar-refractivity contribution in [1.82, 2.24) is 10.2 Å². The van der Waals surface area contributed by atoms with Crippen molar-refractivity contribution < 1.29 is 4.79 Å². The maximum Gasteiger partial charge on any atom is 0.235 e. The van der Waals surface area contributed by atoms with E-state index in [1.807, 2.05) is 12.1 Å². The number of carbonyl (C=O) groups is 1. The maximum atomic E-state index is 11.3. The van der Waals surface area contributed by atoms with Crippen molar-refractivity contribution in [3.05, 3.63) is 28.8 Å². The van der Waals surface area contributed by atoms with Gasteiger partial charge in [0.05, 0.1) is 0 Å². The molecule has 20 heavy (non-hydrogen) atoms. The van der Waals surface area contributed by atoms with Crippen LogP contribution in [0.4, 0.5) is 5.69 Å². The molecule has 1 aromatic carbocycles. The van der Waals surface area contributed by atoms with Crippen LogP contribution in [0, 0.1) is 0 Å². The van der Waals surface area contributed by atoms with E-state index < -0.39 is 0 Å². The van der Waals surface area contributed by atoms with Gasteiger partial charge < -0.3 is 15.1 Å². The van der Waals surface area contributed by atoms with Crippen LogP contribution in [0.25, 0.3) is 0 Å². The van der Waals surface area contributed by atoms with Crippen molar-refractivity contribution in [1.29, 1.82) is 0 Å².